The molecule has 0 radical (unpaired) electrons. The number of halogens is 3. The summed E-state index contributed by atoms with van der Waals surface area (Å²) >= 11 is 0. The minimum atomic E-state index is -4.47. The number of aliphatic carboxylic acids is 1. The molecule has 1 rings (SSSR count). The SMILES string of the molecule is CC1(C(=O)O)CCCN(C(=O)COCC(F)(F)F)C1. The number of rotatable bonds is 4. The van der Waals surface area contributed by atoms with Gasteiger partial charge in [-0.15, -0.1) is 0 Å². The monoisotopic (exact) mass is 283 g/mol. The van der Waals surface area contributed by atoms with Gasteiger partial charge in [0, 0.05) is 13.1 Å². The van der Waals surface area contributed by atoms with Crippen LogP contribution in [0.2, 0.25) is 0 Å². The Morgan fingerprint density at radius 2 is 2.05 bits per heavy atom. The van der Waals surface area contributed by atoms with Gasteiger partial charge in [0.1, 0.15) is 13.2 Å². The van der Waals surface area contributed by atoms with Crippen molar-refractivity contribution in [1.29, 1.82) is 0 Å². The van der Waals surface area contributed by atoms with Crippen LogP contribution in [0.15, 0.2) is 0 Å². The third kappa shape index (κ3) is 4.70. The van der Waals surface area contributed by atoms with Crippen LogP contribution in [0.3, 0.4) is 0 Å². The molecule has 5 nitrogen and oxygen atoms in total. The molecule has 0 aromatic rings. The van der Waals surface area contributed by atoms with E-state index in [9.17, 15) is 22.8 Å². The van der Waals surface area contributed by atoms with Crippen LogP contribution in [0.25, 0.3) is 0 Å². The Hall–Kier alpha value is -1.31. The van der Waals surface area contributed by atoms with E-state index in [-0.39, 0.29) is 6.54 Å². The normalized spacial score (nSPS) is 24.3. The lowest BCUT2D eigenvalue weighted by Crippen LogP contribution is -2.49. The van der Waals surface area contributed by atoms with E-state index in [1.165, 1.54) is 11.8 Å². The number of amides is 1. The van der Waals surface area contributed by atoms with Crippen LogP contribution >= 0.6 is 0 Å². The van der Waals surface area contributed by atoms with Crippen LogP contribution in [0.5, 0.6) is 0 Å². The highest BCUT2D eigenvalue weighted by Crippen LogP contribution is 2.29. The number of hydrogen-bond acceptors (Lipinski definition) is 3. The predicted molar refractivity (Wildman–Crippen MR) is 58.4 cm³/mol. The Labute approximate surface area is 108 Å². The van der Waals surface area contributed by atoms with Gasteiger partial charge in [-0.05, 0) is 19.8 Å². The summed E-state index contributed by atoms with van der Waals surface area (Å²) in [7, 11) is 0. The van der Waals surface area contributed by atoms with Crippen molar-refractivity contribution in [3.8, 4) is 0 Å². The molecule has 1 aliphatic heterocycles. The van der Waals surface area contributed by atoms with Gasteiger partial charge in [-0.3, -0.25) is 9.59 Å². The highest BCUT2D eigenvalue weighted by molar-refractivity contribution is 5.80. The van der Waals surface area contributed by atoms with Crippen LogP contribution < -0.4 is 0 Å². The quantitative estimate of drug-likeness (QED) is 0.844. The van der Waals surface area contributed by atoms with Gasteiger partial charge >= 0.3 is 12.1 Å². The molecule has 19 heavy (non-hydrogen) atoms. The van der Waals surface area contributed by atoms with Crippen molar-refractivity contribution in [3.05, 3.63) is 0 Å². The number of ether oxygens (including phenoxy) is 1. The summed E-state index contributed by atoms with van der Waals surface area (Å²) in [6.45, 7) is -0.309. The highest BCUT2D eigenvalue weighted by atomic mass is 19.4. The molecule has 1 aliphatic rings. The Kier molecular flexibility index (Phi) is 4.78. The average molecular weight is 283 g/mol. The van der Waals surface area contributed by atoms with Gasteiger partial charge in [0.2, 0.25) is 5.91 Å². The van der Waals surface area contributed by atoms with E-state index in [1.807, 2.05) is 0 Å². The first-order valence-electron chi connectivity index (χ1n) is 5.80. The third-order valence-electron chi connectivity index (χ3n) is 3.06. The zero-order valence-electron chi connectivity index (χ0n) is 10.5. The minimum absolute atomic E-state index is 0.00343. The van der Waals surface area contributed by atoms with Crippen molar-refractivity contribution in [1.82, 2.24) is 4.90 Å². The zero-order chi connectivity index (χ0) is 14.7. The summed E-state index contributed by atoms with van der Waals surface area (Å²) < 4.78 is 39.8. The number of carbonyl (C=O) groups excluding carboxylic acids is 1. The number of carboxylic acids is 1. The minimum Gasteiger partial charge on any atom is -0.481 e. The molecular weight excluding hydrogens is 267 g/mol. The topological polar surface area (TPSA) is 66.8 Å². The van der Waals surface area contributed by atoms with Gasteiger partial charge in [0.05, 0.1) is 5.41 Å². The fourth-order valence-corrected chi connectivity index (χ4v) is 1.97. The van der Waals surface area contributed by atoms with Crippen LogP contribution in [0.1, 0.15) is 19.8 Å². The van der Waals surface area contributed by atoms with Gasteiger partial charge in [-0.25, -0.2) is 0 Å². The molecule has 1 heterocycles. The van der Waals surface area contributed by atoms with Crippen molar-refractivity contribution in [2.24, 2.45) is 5.41 Å². The molecule has 8 heteroatoms. The van der Waals surface area contributed by atoms with Crippen molar-refractivity contribution in [3.63, 3.8) is 0 Å². The standard InChI is InChI=1S/C11H16F3NO4/c1-10(9(17)18)3-2-4-15(6-10)8(16)5-19-7-11(12,13)14/h2-7H2,1H3,(H,17,18). The molecule has 0 saturated carbocycles. The van der Waals surface area contributed by atoms with Gasteiger partial charge in [0.25, 0.3) is 0 Å². The molecule has 1 unspecified atom stereocenters. The van der Waals surface area contributed by atoms with E-state index in [1.54, 1.807) is 0 Å². The maximum absolute atomic E-state index is 11.8. The lowest BCUT2D eigenvalue weighted by atomic mass is 9.82. The van der Waals surface area contributed by atoms with Gasteiger partial charge in [-0.1, -0.05) is 0 Å². The van der Waals surface area contributed by atoms with Gasteiger partial charge in [0.15, 0.2) is 0 Å². The van der Waals surface area contributed by atoms with E-state index in [0.29, 0.717) is 19.4 Å². The number of carboxylic acid groups (broad SMARTS) is 1. The fourth-order valence-electron chi connectivity index (χ4n) is 1.97. The number of alkyl halides is 3. The summed E-state index contributed by atoms with van der Waals surface area (Å²) in [5.74, 6) is -1.63. The van der Waals surface area contributed by atoms with Crippen molar-refractivity contribution >= 4 is 11.9 Å². The lowest BCUT2D eigenvalue weighted by molar-refractivity contribution is -0.178. The lowest BCUT2D eigenvalue weighted by Gasteiger charge is -2.37. The molecule has 0 aromatic carbocycles. The second-order valence-corrected chi connectivity index (χ2v) is 4.89. The first kappa shape index (κ1) is 15.7. The Morgan fingerprint density at radius 1 is 1.42 bits per heavy atom. The maximum atomic E-state index is 11.8. The summed E-state index contributed by atoms with van der Waals surface area (Å²) in [4.78, 5) is 24.0. The summed E-state index contributed by atoms with van der Waals surface area (Å²) in [6, 6.07) is 0. The Bertz CT molecular complexity index is 358. The second-order valence-electron chi connectivity index (χ2n) is 4.89. The largest absolute Gasteiger partial charge is 0.481 e. The summed E-state index contributed by atoms with van der Waals surface area (Å²) in [5.41, 5.74) is -1.04. The van der Waals surface area contributed by atoms with E-state index < -0.39 is 36.7 Å². The smallest absolute Gasteiger partial charge is 0.411 e. The third-order valence-corrected chi connectivity index (χ3v) is 3.06. The van der Waals surface area contributed by atoms with E-state index >= 15 is 0 Å². The van der Waals surface area contributed by atoms with Crippen molar-refractivity contribution in [2.75, 3.05) is 26.3 Å². The average Bonchev–Trinajstić information content (AvgIpc) is 2.27. The molecule has 0 aromatic heterocycles. The number of likely N-dealkylation sites (tertiary alicyclic amines) is 1. The van der Waals surface area contributed by atoms with Crippen LogP contribution in [0.4, 0.5) is 13.2 Å². The Morgan fingerprint density at radius 3 is 2.58 bits per heavy atom. The van der Waals surface area contributed by atoms with Gasteiger partial charge < -0.3 is 14.7 Å². The molecule has 1 amide bonds. The second kappa shape index (κ2) is 5.77. The van der Waals surface area contributed by atoms with E-state index in [2.05, 4.69) is 4.74 Å². The first-order valence-corrected chi connectivity index (χ1v) is 5.80. The molecule has 1 N–H and O–H groups in total. The number of carbonyl (C=O) groups is 2. The predicted octanol–water partition coefficient (Wildman–Crippen LogP) is 1.28. The number of piperidine rings is 1. The molecule has 1 saturated heterocycles. The molecule has 1 fully saturated rings. The van der Waals surface area contributed by atoms with Crippen molar-refractivity contribution in [2.45, 2.75) is 25.9 Å². The highest BCUT2D eigenvalue weighted by Gasteiger charge is 2.39. The number of hydrogen-bond donors (Lipinski definition) is 1. The van der Waals surface area contributed by atoms with Crippen LogP contribution in [-0.2, 0) is 14.3 Å². The maximum Gasteiger partial charge on any atom is 0.411 e. The first-order chi connectivity index (χ1) is 8.64. The molecule has 1 atom stereocenters. The van der Waals surface area contributed by atoms with Gasteiger partial charge in [-0.2, -0.15) is 13.2 Å². The van der Waals surface area contributed by atoms with E-state index in [0.717, 1.165) is 0 Å². The Balaban J connectivity index is 2.47. The summed E-state index contributed by atoms with van der Waals surface area (Å²) in [5, 5.41) is 9.06. The van der Waals surface area contributed by atoms with E-state index in [4.69, 9.17) is 5.11 Å². The van der Waals surface area contributed by atoms with Crippen molar-refractivity contribution < 1.29 is 32.6 Å². The molecule has 0 bridgehead atoms. The summed E-state index contributed by atoms with van der Waals surface area (Å²) in [6.07, 6.45) is -3.53. The molecule has 0 spiro atoms. The van der Waals surface area contributed by atoms with Crippen LogP contribution in [0, 0.1) is 5.41 Å². The van der Waals surface area contributed by atoms with Crippen LogP contribution in [-0.4, -0.2) is 54.4 Å². The molecule has 0 aliphatic carbocycles. The molecular formula is C11H16F3NO4. The fraction of sp³-hybridized carbons (Fsp3) is 0.818. The molecule has 110 valence electrons. The number of nitrogens with zero attached hydrogens (tertiary/aromatic N) is 1. The zero-order valence-corrected chi connectivity index (χ0v) is 10.5.